The van der Waals surface area contributed by atoms with Crippen molar-refractivity contribution in [2.45, 2.75) is 13.3 Å². The van der Waals surface area contributed by atoms with E-state index in [-0.39, 0.29) is 11.1 Å². The van der Waals surface area contributed by atoms with Crippen LogP contribution in [0.4, 0.5) is 0 Å². The maximum atomic E-state index is 10.9. The van der Waals surface area contributed by atoms with Crippen molar-refractivity contribution in [2.24, 2.45) is 0 Å². The van der Waals surface area contributed by atoms with Crippen LogP contribution in [0.15, 0.2) is 23.1 Å². The van der Waals surface area contributed by atoms with Crippen molar-refractivity contribution in [3.8, 4) is 5.82 Å². The van der Waals surface area contributed by atoms with E-state index in [2.05, 4.69) is 15.3 Å². The first kappa shape index (κ1) is 11.1. The maximum absolute atomic E-state index is 10.9. The molecule has 0 radical (unpaired) electrons. The summed E-state index contributed by atoms with van der Waals surface area (Å²) in [7, 11) is 0. The number of carbonyl (C=O) groups is 1. The van der Waals surface area contributed by atoms with Gasteiger partial charge in [0.2, 0.25) is 0 Å². The molecular weight excluding hydrogens is 224 g/mol. The Bertz CT molecular complexity index is 594. The van der Waals surface area contributed by atoms with Gasteiger partial charge >= 0.3 is 5.97 Å². The average molecular weight is 234 g/mol. The van der Waals surface area contributed by atoms with Gasteiger partial charge in [-0.25, -0.2) is 14.6 Å². The number of nitrogens with zero attached hydrogens (tertiary/aromatic N) is 3. The number of aromatic amines is 1. The Labute approximate surface area is 95.7 Å². The van der Waals surface area contributed by atoms with Crippen LogP contribution in [0.2, 0.25) is 0 Å². The molecule has 2 aromatic rings. The zero-order valence-electron chi connectivity index (χ0n) is 9.04. The van der Waals surface area contributed by atoms with Gasteiger partial charge < -0.3 is 5.11 Å². The van der Waals surface area contributed by atoms with Gasteiger partial charge in [0.05, 0.1) is 11.9 Å². The van der Waals surface area contributed by atoms with Crippen LogP contribution in [-0.4, -0.2) is 31.1 Å². The summed E-state index contributed by atoms with van der Waals surface area (Å²) in [6.45, 7) is 1.83. The molecule has 0 spiro atoms. The minimum Gasteiger partial charge on any atom is -0.478 e. The van der Waals surface area contributed by atoms with E-state index in [1.165, 1.54) is 23.0 Å². The Hall–Kier alpha value is -2.44. The largest absolute Gasteiger partial charge is 0.478 e. The van der Waals surface area contributed by atoms with Crippen molar-refractivity contribution in [1.82, 2.24) is 20.0 Å². The summed E-state index contributed by atoms with van der Waals surface area (Å²) in [5.74, 6) is -0.647. The average Bonchev–Trinajstić information content (AvgIpc) is 2.73. The summed E-state index contributed by atoms with van der Waals surface area (Å²) in [6.07, 6.45) is 1.77. The molecule has 2 rings (SSSR count). The van der Waals surface area contributed by atoms with E-state index in [9.17, 15) is 9.59 Å². The molecule has 7 nitrogen and oxygen atoms in total. The highest BCUT2D eigenvalue weighted by Gasteiger charge is 2.16. The maximum Gasteiger partial charge on any atom is 0.339 e. The molecular formula is C10H10N4O3. The zero-order chi connectivity index (χ0) is 12.4. The molecule has 0 amide bonds. The van der Waals surface area contributed by atoms with E-state index < -0.39 is 5.97 Å². The van der Waals surface area contributed by atoms with Crippen LogP contribution in [0.3, 0.4) is 0 Å². The fraction of sp³-hybridized carbons (Fsp3) is 0.200. The van der Waals surface area contributed by atoms with Gasteiger partial charge in [-0.05, 0) is 12.5 Å². The van der Waals surface area contributed by atoms with Crippen molar-refractivity contribution in [1.29, 1.82) is 0 Å². The van der Waals surface area contributed by atoms with Crippen LogP contribution in [0.25, 0.3) is 5.82 Å². The lowest BCUT2D eigenvalue weighted by molar-refractivity contribution is 0.0695. The van der Waals surface area contributed by atoms with Crippen LogP contribution in [-0.2, 0) is 6.42 Å². The lowest BCUT2D eigenvalue weighted by Gasteiger charge is -2.04. The summed E-state index contributed by atoms with van der Waals surface area (Å²) < 4.78 is 1.40. The lowest BCUT2D eigenvalue weighted by Crippen LogP contribution is -2.12. The predicted octanol–water partition coefficient (Wildman–Crippen LogP) is 0.216. The van der Waals surface area contributed by atoms with E-state index >= 15 is 0 Å². The number of hydrogen-bond donors (Lipinski definition) is 2. The Morgan fingerprint density at radius 1 is 1.53 bits per heavy atom. The third kappa shape index (κ3) is 1.94. The quantitative estimate of drug-likeness (QED) is 0.790. The molecule has 0 bridgehead atoms. The molecule has 7 heteroatoms. The van der Waals surface area contributed by atoms with Crippen molar-refractivity contribution in [2.75, 3.05) is 0 Å². The number of aromatic carboxylic acids is 1. The molecule has 0 aliphatic carbocycles. The van der Waals surface area contributed by atoms with Gasteiger partial charge in [-0.15, -0.1) is 0 Å². The first-order valence-corrected chi connectivity index (χ1v) is 4.99. The van der Waals surface area contributed by atoms with Gasteiger partial charge in [-0.1, -0.05) is 6.92 Å². The van der Waals surface area contributed by atoms with Crippen molar-refractivity contribution < 1.29 is 9.90 Å². The van der Waals surface area contributed by atoms with E-state index in [4.69, 9.17) is 5.11 Å². The molecule has 0 aromatic carbocycles. The highest BCUT2D eigenvalue weighted by Crippen LogP contribution is 2.13. The first-order chi connectivity index (χ1) is 8.13. The summed E-state index contributed by atoms with van der Waals surface area (Å²) in [4.78, 5) is 21.8. The number of carboxylic acid groups (broad SMARTS) is 1. The number of nitrogens with one attached hydrogen (secondary N) is 1. The number of carboxylic acids is 1. The molecule has 0 atom stereocenters. The fourth-order valence-corrected chi connectivity index (χ4v) is 1.55. The molecule has 88 valence electrons. The normalized spacial score (nSPS) is 10.4. The highest BCUT2D eigenvalue weighted by atomic mass is 16.4. The molecule has 0 saturated heterocycles. The number of H-pyrrole nitrogens is 1. The monoisotopic (exact) mass is 234 g/mol. The molecule has 0 saturated carbocycles. The van der Waals surface area contributed by atoms with Gasteiger partial charge in [0, 0.05) is 6.07 Å². The molecule has 0 unspecified atom stereocenters. The Morgan fingerprint density at radius 2 is 2.29 bits per heavy atom. The molecule has 0 aliphatic heterocycles. The SMILES string of the molecule is CCc1c(C(=O)O)cnn1-c1ccc(=O)[nH]n1. The second-order valence-electron chi connectivity index (χ2n) is 3.35. The van der Waals surface area contributed by atoms with E-state index in [0.29, 0.717) is 17.9 Å². The molecule has 2 N–H and O–H groups in total. The smallest absolute Gasteiger partial charge is 0.339 e. The molecule has 17 heavy (non-hydrogen) atoms. The van der Waals surface area contributed by atoms with Crippen LogP contribution in [0.1, 0.15) is 23.0 Å². The van der Waals surface area contributed by atoms with Crippen molar-refractivity contribution in [3.05, 3.63) is 39.9 Å². The number of hydrogen-bond acceptors (Lipinski definition) is 4. The summed E-state index contributed by atoms with van der Waals surface area (Å²) in [5.41, 5.74) is 0.356. The lowest BCUT2D eigenvalue weighted by atomic mass is 10.2. The van der Waals surface area contributed by atoms with Crippen LogP contribution in [0, 0.1) is 0 Å². The topological polar surface area (TPSA) is 101 Å². The molecule has 2 aromatic heterocycles. The Morgan fingerprint density at radius 3 is 2.82 bits per heavy atom. The third-order valence-corrected chi connectivity index (χ3v) is 2.32. The number of aromatic nitrogens is 4. The predicted molar refractivity (Wildman–Crippen MR) is 58.3 cm³/mol. The van der Waals surface area contributed by atoms with Gasteiger partial charge in [0.15, 0.2) is 5.82 Å². The van der Waals surface area contributed by atoms with E-state index in [1.807, 2.05) is 6.92 Å². The second kappa shape index (κ2) is 4.20. The summed E-state index contributed by atoms with van der Waals surface area (Å²) >= 11 is 0. The number of rotatable bonds is 3. The zero-order valence-corrected chi connectivity index (χ0v) is 9.04. The first-order valence-electron chi connectivity index (χ1n) is 4.99. The standard InChI is InChI=1S/C10H10N4O3/c1-2-7-6(10(16)17)5-11-14(7)8-3-4-9(15)13-12-8/h3-5H,2H2,1H3,(H,13,15)(H,16,17). The van der Waals surface area contributed by atoms with Gasteiger partial charge in [0.1, 0.15) is 5.56 Å². The molecule has 0 fully saturated rings. The highest BCUT2D eigenvalue weighted by molar-refractivity contribution is 5.88. The Kier molecular flexibility index (Phi) is 2.73. The van der Waals surface area contributed by atoms with Crippen LogP contribution < -0.4 is 5.56 Å². The summed E-state index contributed by atoms with van der Waals surface area (Å²) in [5, 5.41) is 19.0. The van der Waals surface area contributed by atoms with Crippen molar-refractivity contribution >= 4 is 5.97 Å². The van der Waals surface area contributed by atoms with Gasteiger partial charge in [-0.3, -0.25) is 4.79 Å². The molecule has 2 heterocycles. The fourth-order valence-electron chi connectivity index (χ4n) is 1.55. The second-order valence-corrected chi connectivity index (χ2v) is 3.35. The van der Waals surface area contributed by atoms with Crippen molar-refractivity contribution in [3.63, 3.8) is 0 Å². The molecule has 0 aliphatic rings. The Balaban J connectivity index is 2.56. The van der Waals surface area contributed by atoms with Gasteiger partial charge in [0.25, 0.3) is 5.56 Å². The third-order valence-electron chi connectivity index (χ3n) is 2.32. The minimum absolute atomic E-state index is 0.139. The van der Waals surface area contributed by atoms with Crippen LogP contribution in [0.5, 0.6) is 0 Å². The van der Waals surface area contributed by atoms with E-state index in [0.717, 1.165) is 0 Å². The van der Waals surface area contributed by atoms with E-state index in [1.54, 1.807) is 0 Å². The van der Waals surface area contributed by atoms with Crippen LogP contribution >= 0.6 is 0 Å². The minimum atomic E-state index is -1.03. The summed E-state index contributed by atoms with van der Waals surface area (Å²) in [6, 6.07) is 2.79. The van der Waals surface area contributed by atoms with Gasteiger partial charge in [-0.2, -0.15) is 10.2 Å².